The molecule has 2 aromatic carbocycles. The number of fused-ring (bicyclic) bond motifs is 1. The van der Waals surface area contributed by atoms with E-state index in [-0.39, 0.29) is 22.6 Å². The normalized spacial score (nSPS) is 13.4. The zero-order valence-corrected chi connectivity index (χ0v) is 21.9. The molecular weight excluding hydrogens is 540 g/mol. The van der Waals surface area contributed by atoms with E-state index in [1.165, 1.54) is 0 Å². The summed E-state index contributed by atoms with van der Waals surface area (Å²) in [6, 6.07) is 18.4. The highest BCUT2D eigenvalue weighted by molar-refractivity contribution is 7.98. The summed E-state index contributed by atoms with van der Waals surface area (Å²) in [5, 5.41) is 15.7. The molecule has 5 aromatic rings. The maximum absolute atomic E-state index is 12.5. The topological polar surface area (TPSA) is 144 Å². The molecule has 6 rings (SSSR count). The third-order valence-corrected chi connectivity index (χ3v) is 6.52. The van der Waals surface area contributed by atoms with E-state index in [1.54, 1.807) is 18.2 Å². The lowest BCUT2D eigenvalue weighted by Crippen LogP contribution is -2.37. The molecule has 0 bridgehead atoms. The van der Waals surface area contributed by atoms with Crippen molar-refractivity contribution in [3.63, 3.8) is 0 Å². The third kappa shape index (κ3) is 5.87. The van der Waals surface area contributed by atoms with Gasteiger partial charge < -0.3 is 29.1 Å². The SMILES string of the molecule is O=c1oc2ccccc2cc1-c1nnc(Sc2nc(NC(=S)Nc3ccccc3)nc(N3CCOCC3)n2)o1. The molecule has 0 unspecified atom stereocenters. The van der Waals surface area contributed by atoms with E-state index in [2.05, 4.69) is 35.8 Å². The molecule has 4 heterocycles. The van der Waals surface area contributed by atoms with E-state index in [0.29, 0.717) is 48.1 Å². The number of aromatic nitrogens is 5. The van der Waals surface area contributed by atoms with Gasteiger partial charge >= 0.3 is 5.63 Å². The summed E-state index contributed by atoms with van der Waals surface area (Å²) < 4.78 is 16.6. The van der Waals surface area contributed by atoms with Gasteiger partial charge in [-0.3, -0.25) is 0 Å². The highest BCUT2D eigenvalue weighted by Crippen LogP contribution is 2.29. The highest BCUT2D eigenvalue weighted by Gasteiger charge is 2.20. The average Bonchev–Trinajstić information content (AvgIpc) is 3.41. The Morgan fingerprint density at radius 1 is 0.923 bits per heavy atom. The number of morpholine rings is 1. The predicted octanol–water partition coefficient (Wildman–Crippen LogP) is 3.82. The van der Waals surface area contributed by atoms with Crippen molar-refractivity contribution in [1.29, 1.82) is 0 Å². The fraction of sp³-hybridized carbons (Fsp3) is 0.160. The van der Waals surface area contributed by atoms with E-state index in [9.17, 15) is 4.79 Å². The second kappa shape index (κ2) is 11.1. The lowest BCUT2D eigenvalue weighted by molar-refractivity contribution is 0.122. The first-order chi connectivity index (χ1) is 19.1. The Balaban J connectivity index is 1.26. The minimum absolute atomic E-state index is 0.0334. The number of anilines is 3. The van der Waals surface area contributed by atoms with Gasteiger partial charge in [-0.15, -0.1) is 10.2 Å². The molecule has 1 fully saturated rings. The number of ether oxygens (including phenoxy) is 1. The number of hydrogen-bond acceptors (Lipinski definition) is 12. The quantitative estimate of drug-likeness (QED) is 0.229. The second-order valence-electron chi connectivity index (χ2n) is 8.25. The standard InChI is InChI=1S/C25H20N8O4S2/c34-20-17(14-15-6-4-5-9-18(15)36-20)19-31-32-25(37-19)39-24-29-21(27-22(30-24)33-10-12-35-13-11-33)28-23(38)26-16-7-2-1-3-8-16/h1-9,14H,10-13H2,(H2,26,27,28,29,30,38). The molecule has 14 heteroatoms. The summed E-state index contributed by atoms with van der Waals surface area (Å²) in [4.78, 5) is 28.1. The Morgan fingerprint density at radius 2 is 1.72 bits per heavy atom. The van der Waals surface area contributed by atoms with Crippen LogP contribution >= 0.6 is 24.0 Å². The van der Waals surface area contributed by atoms with Crippen molar-refractivity contribution in [2.24, 2.45) is 0 Å². The Kier molecular flexibility index (Phi) is 7.12. The summed E-state index contributed by atoms with van der Waals surface area (Å²) in [6.07, 6.45) is 0. The molecule has 1 aliphatic rings. The van der Waals surface area contributed by atoms with Gasteiger partial charge in [-0.1, -0.05) is 36.4 Å². The monoisotopic (exact) mass is 560 g/mol. The molecule has 3 aromatic heterocycles. The van der Waals surface area contributed by atoms with Gasteiger partial charge in [0, 0.05) is 35.9 Å². The molecule has 196 valence electrons. The van der Waals surface area contributed by atoms with Gasteiger partial charge in [0.25, 0.3) is 11.1 Å². The minimum atomic E-state index is -0.574. The van der Waals surface area contributed by atoms with E-state index in [4.69, 9.17) is 25.8 Å². The van der Waals surface area contributed by atoms with Crippen LogP contribution in [0.1, 0.15) is 0 Å². The number of para-hydroxylation sites is 2. The molecule has 0 spiro atoms. The number of benzene rings is 2. The van der Waals surface area contributed by atoms with E-state index < -0.39 is 5.63 Å². The molecule has 39 heavy (non-hydrogen) atoms. The van der Waals surface area contributed by atoms with Crippen molar-refractivity contribution in [3.8, 4) is 11.5 Å². The third-order valence-electron chi connectivity index (χ3n) is 5.61. The predicted molar refractivity (Wildman–Crippen MR) is 149 cm³/mol. The van der Waals surface area contributed by atoms with Crippen LogP contribution in [-0.4, -0.2) is 56.6 Å². The van der Waals surface area contributed by atoms with Gasteiger partial charge in [0.15, 0.2) is 5.11 Å². The maximum atomic E-state index is 12.5. The number of rotatable bonds is 6. The number of thiocarbonyl (C=S) groups is 1. The highest BCUT2D eigenvalue weighted by atomic mass is 32.2. The van der Waals surface area contributed by atoms with Crippen molar-refractivity contribution in [2.45, 2.75) is 10.4 Å². The van der Waals surface area contributed by atoms with Crippen LogP contribution in [0.2, 0.25) is 0 Å². The summed E-state index contributed by atoms with van der Waals surface area (Å²) >= 11 is 6.49. The van der Waals surface area contributed by atoms with Crippen LogP contribution in [0.3, 0.4) is 0 Å². The number of nitrogens with one attached hydrogen (secondary N) is 2. The maximum Gasteiger partial charge on any atom is 0.349 e. The zero-order chi connectivity index (χ0) is 26.6. The molecule has 1 saturated heterocycles. The van der Waals surface area contributed by atoms with Crippen LogP contribution in [0.4, 0.5) is 17.6 Å². The Hall–Kier alpha value is -4.40. The molecular formula is C25H20N8O4S2. The van der Waals surface area contributed by atoms with Gasteiger partial charge in [0.05, 0.1) is 13.2 Å². The fourth-order valence-corrected chi connectivity index (χ4v) is 4.61. The van der Waals surface area contributed by atoms with Crippen molar-refractivity contribution < 1.29 is 13.6 Å². The van der Waals surface area contributed by atoms with Crippen molar-refractivity contribution in [2.75, 3.05) is 41.8 Å². The molecule has 0 amide bonds. The Morgan fingerprint density at radius 3 is 2.56 bits per heavy atom. The first-order valence-corrected chi connectivity index (χ1v) is 13.1. The van der Waals surface area contributed by atoms with Crippen molar-refractivity contribution >= 4 is 57.6 Å². The lowest BCUT2D eigenvalue weighted by atomic mass is 10.2. The molecule has 0 atom stereocenters. The molecule has 2 N–H and O–H groups in total. The molecule has 0 radical (unpaired) electrons. The van der Waals surface area contributed by atoms with Gasteiger partial charge in [-0.05, 0) is 36.5 Å². The number of hydrogen-bond donors (Lipinski definition) is 2. The molecule has 0 aliphatic carbocycles. The fourth-order valence-electron chi connectivity index (χ4n) is 3.79. The van der Waals surface area contributed by atoms with Crippen molar-refractivity contribution in [3.05, 3.63) is 71.1 Å². The minimum Gasteiger partial charge on any atom is -0.422 e. The first kappa shape index (κ1) is 24.9. The van der Waals surface area contributed by atoms with E-state index >= 15 is 0 Å². The van der Waals surface area contributed by atoms with Crippen LogP contribution in [0.25, 0.3) is 22.4 Å². The second-order valence-corrected chi connectivity index (χ2v) is 9.57. The van der Waals surface area contributed by atoms with Gasteiger partial charge in [0.1, 0.15) is 11.1 Å². The molecule has 12 nitrogen and oxygen atoms in total. The smallest absolute Gasteiger partial charge is 0.349 e. The molecule has 0 saturated carbocycles. The lowest BCUT2D eigenvalue weighted by Gasteiger charge is -2.27. The van der Waals surface area contributed by atoms with Crippen LogP contribution in [0, 0.1) is 0 Å². The van der Waals surface area contributed by atoms with Crippen LogP contribution in [0.15, 0.2) is 84.7 Å². The Labute approximate surface area is 230 Å². The van der Waals surface area contributed by atoms with E-state index in [0.717, 1.165) is 22.8 Å². The van der Waals surface area contributed by atoms with Crippen LogP contribution in [-0.2, 0) is 4.74 Å². The summed E-state index contributed by atoms with van der Waals surface area (Å²) in [5.74, 6) is 0.735. The van der Waals surface area contributed by atoms with Crippen LogP contribution < -0.4 is 21.2 Å². The zero-order valence-electron chi connectivity index (χ0n) is 20.2. The average molecular weight is 561 g/mol. The van der Waals surface area contributed by atoms with E-state index in [1.807, 2.05) is 47.4 Å². The number of nitrogens with zero attached hydrogens (tertiary/aromatic N) is 6. The summed E-state index contributed by atoms with van der Waals surface area (Å²) in [7, 11) is 0. The Bertz CT molecular complexity index is 1690. The summed E-state index contributed by atoms with van der Waals surface area (Å²) in [5.41, 5.74) is 0.886. The van der Waals surface area contributed by atoms with Gasteiger partial charge in [-0.2, -0.15) is 15.0 Å². The van der Waals surface area contributed by atoms with Gasteiger partial charge in [-0.25, -0.2) is 4.79 Å². The van der Waals surface area contributed by atoms with Crippen LogP contribution in [0.5, 0.6) is 0 Å². The first-order valence-electron chi connectivity index (χ1n) is 11.9. The summed E-state index contributed by atoms with van der Waals surface area (Å²) in [6.45, 7) is 2.38. The van der Waals surface area contributed by atoms with Crippen molar-refractivity contribution in [1.82, 2.24) is 25.1 Å². The van der Waals surface area contributed by atoms with Gasteiger partial charge in [0.2, 0.25) is 17.1 Å². The molecule has 1 aliphatic heterocycles. The largest absolute Gasteiger partial charge is 0.422 e.